The van der Waals surface area contributed by atoms with E-state index < -0.39 is 0 Å². The molecular formula is C10H16O2. The lowest BCUT2D eigenvalue weighted by molar-refractivity contribution is -0.160. The molecule has 1 fully saturated rings. The molecule has 1 N–H and O–H groups in total. The summed E-state index contributed by atoms with van der Waals surface area (Å²) in [4.78, 5) is 0. The molecule has 0 amide bonds. The molecule has 2 heteroatoms. The van der Waals surface area contributed by atoms with Crippen molar-refractivity contribution in [2.45, 2.75) is 39.1 Å². The first-order chi connectivity index (χ1) is 5.53. The summed E-state index contributed by atoms with van der Waals surface area (Å²) in [7, 11) is 0. The van der Waals surface area contributed by atoms with Crippen LogP contribution in [0.4, 0.5) is 0 Å². The predicted octanol–water partition coefficient (Wildman–Crippen LogP) is 1.35. The summed E-state index contributed by atoms with van der Waals surface area (Å²) in [5, 5.41) is 9.97. The zero-order chi connectivity index (χ0) is 8.93. The molecular weight excluding hydrogens is 152 g/mol. The topological polar surface area (TPSA) is 29.5 Å². The quantitative estimate of drug-likeness (QED) is 0.553. The Morgan fingerprint density at radius 1 is 1.33 bits per heavy atom. The first kappa shape index (κ1) is 8.27. The summed E-state index contributed by atoms with van der Waals surface area (Å²) in [5.74, 6) is 0.218. The second-order valence-corrected chi connectivity index (χ2v) is 4.53. The molecule has 2 bridgehead atoms. The predicted molar refractivity (Wildman–Crippen MR) is 46.8 cm³/mol. The van der Waals surface area contributed by atoms with Crippen molar-refractivity contribution < 1.29 is 9.84 Å². The van der Waals surface area contributed by atoms with Gasteiger partial charge in [-0.15, -0.1) is 0 Å². The maximum absolute atomic E-state index is 9.97. The van der Waals surface area contributed by atoms with Gasteiger partial charge in [0.1, 0.15) is 0 Å². The average molecular weight is 168 g/mol. The van der Waals surface area contributed by atoms with Gasteiger partial charge in [0.15, 0.2) is 0 Å². The van der Waals surface area contributed by atoms with Crippen LogP contribution < -0.4 is 0 Å². The Hall–Kier alpha value is -0.340. The molecule has 0 aromatic heterocycles. The second-order valence-electron chi connectivity index (χ2n) is 4.53. The van der Waals surface area contributed by atoms with Crippen molar-refractivity contribution in [3.63, 3.8) is 0 Å². The lowest BCUT2D eigenvalue weighted by atomic mass is 9.74. The Bertz CT molecular complexity index is 220. The molecule has 4 atom stereocenters. The molecule has 0 radical (unpaired) electrons. The molecule has 2 nitrogen and oxygen atoms in total. The van der Waals surface area contributed by atoms with E-state index in [2.05, 4.69) is 26.0 Å². The van der Waals surface area contributed by atoms with Crippen LogP contribution in [0.1, 0.15) is 20.8 Å². The van der Waals surface area contributed by atoms with Crippen LogP contribution in [0.15, 0.2) is 12.2 Å². The Morgan fingerprint density at radius 2 is 2.00 bits per heavy atom. The zero-order valence-electron chi connectivity index (χ0n) is 7.82. The van der Waals surface area contributed by atoms with Gasteiger partial charge in [0.05, 0.1) is 18.3 Å². The van der Waals surface area contributed by atoms with Gasteiger partial charge in [-0.25, -0.2) is 0 Å². The summed E-state index contributed by atoms with van der Waals surface area (Å²) < 4.78 is 5.72. The number of rotatable bonds is 0. The van der Waals surface area contributed by atoms with E-state index in [1.54, 1.807) is 0 Å². The van der Waals surface area contributed by atoms with E-state index >= 15 is 0 Å². The fourth-order valence-corrected chi connectivity index (χ4v) is 2.22. The maximum atomic E-state index is 9.97. The third-order valence-corrected chi connectivity index (χ3v) is 3.29. The highest BCUT2D eigenvalue weighted by molar-refractivity contribution is 5.15. The minimum absolute atomic E-state index is 0.105. The first-order valence-electron chi connectivity index (χ1n) is 4.55. The van der Waals surface area contributed by atoms with Gasteiger partial charge in [-0.05, 0) is 0 Å². The Kier molecular flexibility index (Phi) is 1.61. The number of aliphatic hydroxyl groups excluding tert-OH is 1. The third kappa shape index (κ3) is 0.882. The summed E-state index contributed by atoms with van der Waals surface area (Å²) in [5.41, 5.74) is -0.136. The summed E-state index contributed by atoms with van der Waals surface area (Å²) in [6, 6.07) is 0. The monoisotopic (exact) mass is 168 g/mol. The van der Waals surface area contributed by atoms with Crippen LogP contribution in [0.25, 0.3) is 0 Å². The normalized spacial score (nSPS) is 49.7. The van der Waals surface area contributed by atoms with E-state index in [9.17, 15) is 5.11 Å². The van der Waals surface area contributed by atoms with Crippen LogP contribution in [-0.2, 0) is 4.74 Å². The van der Waals surface area contributed by atoms with E-state index in [4.69, 9.17) is 4.74 Å². The molecule has 0 spiro atoms. The lowest BCUT2D eigenvalue weighted by Gasteiger charge is -2.44. The van der Waals surface area contributed by atoms with Crippen LogP contribution >= 0.6 is 0 Å². The van der Waals surface area contributed by atoms with E-state index in [0.29, 0.717) is 0 Å². The molecule has 0 aliphatic carbocycles. The SMILES string of the molecule is C[C@@H]1[C@H]2C=C[C@H](O2)C(C)(C)[C@H]1O. The molecule has 0 saturated carbocycles. The number of fused-ring (bicyclic) bond motifs is 2. The molecule has 2 aliphatic heterocycles. The molecule has 0 unspecified atom stereocenters. The number of aliphatic hydroxyl groups is 1. The van der Waals surface area contributed by atoms with E-state index in [1.807, 2.05) is 6.92 Å². The Labute approximate surface area is 73.2 Å². The van der Waals surface area contributed by atoms with Crippen LogP contribution in [0.2, 0.25) is 0 Å². The standard InChI is InChI=1S/C10H16O2/c1-6-7-4-5-8(12-7)10(2,3)9(6)11/h4-9,11H,1-3H3/t6-,7-,8+,9+/m1/s1. The smallest absolute Gasteiger partial charge is 0.0840 e. The summed E-state index contributed by atoms with van der Waals surface area (Å²) in [6.45, 7) is 6.17. The summed E-state index contributed by atoms with van der Waals surface area (Å²) in [6.07, 6.45) is 4.15. The Morgan fingerprint density at radius 3 is 2.67 bits per heavy atom. The van der Waals surface area contributed by atoms with Crippen LogP contribution in [0.5, 0.6) is 0 Å². The van der Waals surface area contributed by atoms with Crippen molar-refractivity contribution in [1.82, 2.24) is 0 Å². The number of hydrogen-bond donors (Lipinski definition) is 1. The number of hydrogen-bond acceptors (Lipinski definition) is 2. The molecule has 68 valence electrons. The first-order valence-corrected chi connectivity index (χ1v) is 4.55. The molecule has 2 heterocycles. The minimum atomic E-state index is -0.253. The highest BCUT2D eigenvalue weighted by Crippen LogP contribution is 2.43. The molecule has 2 rings (SSSR count). The average Bonchev–Trinajstić information content (AvgIpc) is 2.46. The highest BCUT2D eigenvalue weighted by Gasteiger charge is 2.49. The minimum Gasteiger partial charge on any atom is -0.392 e. The van der Waals surface area contributed by atoms with Crippen molar-refractivity contribution in [3.8, 4) is 0 Å². The van der Waals surface area contributed by atoms with E-state index in [1.165, 1.54) is 0 Å². The number of ether oxygens (including phenoxy) is 1. The van der Waals surface area contributed by atoms with Crippen molar-refractivity contribution >= 4 is 0 Å². The fraction of sp³-hybridized carbons (Fsp3) is 0.800. The van der Waals surface area contributed by atoms with Gasteiger partial charge < -0.3 is 9.84 Å². The van der Waals surface area contributed by atoms with Crippen LogP contribution in [0, 0.1) is 11.3 Å². The van der Waals surface area contributed by atoms with Gasteiger partial charge in [-0.1, -0.05) is 32.9 Å². The van der Waals surface area contributed by atoms with Gasteiger partial charge in [-0.2, -0.15) is 0 Å². The van der Waals surface area contributed by atoms with Gasteiger partial charge in [0, 0.05) is 11.3 Å². The lowest BCUT2D eigenvalue weighted by Crippen LogP contribution is -2.51. The van der Waals surface area contributed by atoms with Gasteiger partial charge in [-0.3, -0.25) is 0 Å². The van der Waals surface area contributed by atoms with Crippen molar-refractivity contribution in [3.05, 3.63) is 12.2 Å². The molecule has 0 aromatic carbocycles. The van der Waals surface area contributed by atoms with Gasteiger partial charge in [0.25, 0.3) is 0 Å². The largest absolute Gasteiger partial charge is 0.392 e. The molecule has 1 saturated heterocycles. The molecule has 2 aliphatic rings. The van der Waals surface area contributed by atoms with Crippen molar-refractivity contribution in [2.24, 2.45) is 11.3 Å². The second kappa shape index (κ2) is 2.33. The Balaban J connectivity index is 2.32. The third-order valence-electron chi connectivity index (χ3n) is 3.29. The van der Waals surface area contributed by atoms with Crippen LogP contribution in [-0.4, -0.2) is 23.4 Å². The summed E-state index contributed by atoms with van der Waals surface area (Å²) >= 11 is 0. The van der Waals surface area contributed by atoms with Crippen molar-refractivity contribution in [1.29, 1.82) is 0 Å². The highest BCUT2D eigenvalue weighted by atomic mass is 16.5. The molecule has 12 heavy (non-hydrogen) atoms. The van der Waals surface area contributed by atoms with Crippen molar-refractivity contribution in [2.75, 3.05) is 0 Å². The fourth-order valence-electron chi connectivity index (χ4n) is 2.22. The van der Waals surface area contributed by atoms with E-state index in [0.717, 1.165) is 0 Å². The van der Waals surface area contributed by atoms with E-state index in [-0.39, 0.29) is 29.6 Å². The van der Waals surface area contributed by atoms with Gasteiger partial charge in [0.2, 0.25) is 0 Å². The molecule has 0 aromatic rings. The zero-order valence-corrected chi connectivity index (χ0v) is 7.82. The van der Waals surface area contributed by atoms with Crippen LogP contribution in [0.3, 0.4) is 0 Å². The van der Waals surface area contributed by atoms with Gasteiger partial charge >= 0.3 is 0 Å². The maximum Gasteiger partial charge on any atom is 0.0840 e.